The third-order valence-corrected chi connectivity index (χ3v) is 9.65. The molecule has 2 fully saturated rings. The lowest BCUT2D eigenvalue weighted by Gasteiger charge is -2.32. The average molecular weight is 710 g/mol. The molecule has 1 saturated heterocycles. The van der Waals surface area contributed by atoms with Crippen LogP contribution in [-0.4, -0.2) is 58.3 Å². The first-order chi connectivity index (χ1) is 24.1. The number of hydrogen-bond donors (Lipinski definition) is 2. The zero-order chi connectivity index (χ0) is 36.4. The maximum Gasteiger partial charge on any atom is 0.272 e. The Kier molecular flexibility index (Phi) is 13.8. The predicted molar refractivity (Wildman–Crippen MR) is 197 cm³/mol. The number of alkyl halides is 2. The number of anilines is 1. The number of nitrogens with one attached hydrogen (secondary N) is 1. The van der Waals surface area contributed by atoms with Gasteiger partial charge in [-0.1, -0.05) is 51.1 Å². The summed E-state index contributed by atoms with van der Waals surface area (Å²) in [6.45, 7) is 13.9. The highest BCUT2D eigenvalue weighted by molar-refractivity contribution is 7.97. The van der Waals surface area contributed by atoms with Gasteiger partial charge < -0.3 is 20.5 Å². The number of nitrogen functional groups attached to an aromatic ring is 1. The maximum atomic E-state index is 14.0. The van der Waals surface area contributed by atoms with E-state index in [1.807, 2.05) is 37.9 Å². The van der Waals surface area contributed by atoms with Crippen molar-refractivity contribution in [1.82, 2.24) is 19.4 Å². The number of ether oxygens (including phenoxy) is 2. The van der Waals surface area contributed by atoms with Crippen molar-refractivity contribution in [2.75, 3.05) is 32.5 Å². The molecule has 50 heavy (non-hydrogen) atoms. The fourth-order valence-electron chi connectivity index (χ4n) is 5.54. The summed E-state index contributed by atoms with van der Waals surface area (Å²) in [6.07, 6.45) is 7.07. The average Bonchev–Trinajstić information content (AvgIpc) is 3.87. The Balaban J connectivity index is 0.00000276. The summed E-state index contributed by atoms with van der Waals surface area (Å²) in [4.78, 5) is 13.7. The molecule has 268 valence electrons. The molecule has 1 aliphatic heterocycles. The topological polar surface area (TPSA) is 94.6 Å². The quantitative estimate of drug-likeness (QED) is 0.0532. The molecule has 8 nitrogen and oxygen atoms in total. The van der Waals surface area contributed by atoms with Gasteiger partial charge in [0.25, 0.3) is 6.43 Å². The van der Waals surface area contributed by atoms with Gasteiger partial charge in [0.05, 0.1) is 23.1 Å². The van der Waals surface area contributed by atoms with E-state index >= 15 is 0 Å². The van der Waals surface area contributed by atoms with Gasteiger partial charge in [0, 0.05) is 25.4 Å². The van der Waals surface area contributed by atoms with Crippen LogP contribution in [0.5, 0.6) is 11.5 Å². The Hall–Kier alpha value is -4.42. The Bertz CT molecular complexity index is 1730. The summed E-state index contributed by atoms with van der Waals surface area (Å²) in [5.41, 5.74) is 9.65. The molecule has 0 bridgehead atoms. The van der Waals surface area contributed by atoms with Crippen molar-refractivity contribution in [3.8, 4) is 17.2 Å². The van der Waals surface area contributed by atoms with E-state index in [2.05, 4.69) is 27.9 Å². The number of aryl methyl sites for hydroxylation is 1. The van der Waals surface area contributed by atoms with E-state index < -0.39 is 24.6 Å². The Labute approximate surface area is 297 Å². The molecule has 0 radical (unpaired) electrons. The highest BCUT2D eigenvalue weighted by Crippen LogP contribution is 2.41. The van der Waals surface area contributed by atoms with E-state index in [1.165, 1.54) is 29.8 Å². The molecule has 0 atom stereocenters. The molecule has 0 spiro atoms. The number of benzene rings is 2. The minimum atomic E-state index is -2.61. The zero-order valence-corrected chi connectivity index (χ0v) is 29.9. The van der Waals surface area contributed by atoms with Gasteiger partial charge in [-0.15, -0.1) is 0 Å². The second-order valence-electron chi connectivity index (χ2n) is 11.7. The first-order valence-electron chi connectivity index (χ1n) is 16.8. The van der Waals surface area contributed by atoms with E-state index in [1.54, 1.807) is 44.3 Å². The van der Waals surface area contributed by atoms with Gasteiger partial charge in [-0.2, -0.15) is 5.10 Å². The molecular formula is C38H46F3N5O3S. The molecule has 5 rings (SSSR count). The fraction of sp³-hybridized carbons (Fsp3) is 0.368. The van der Waals surface area contributed by atoms with Crippen LogP contribution in [0.15, 0.2) is 85.2 Å². The minimum Gasteiger partial charge on any atom is -0.487 e. The van der Waals surface area contributed by atoms with Gasteiger partial charge in [0.15, 0.2) is 11.6 Å². The first-order valence-corrected chi connectivity index (χ1v) is 17.6. The number of piperidine rings is 1. The molecular weight excluding hydrogens is 664 g/mol. The highest BCUT2D eigenvalue weighted by Gasteiger charge is 2.30. The number of allylic oxidation sites excluding steroid dienone is 4. The molecule has 1 saturated carbocycles. The van der Waals surface area contributed by atoms with Gasteiger partial charge in [-0.3, -0.25) is 9.10 Å². The largest absolute Gasteiger partial charge is 0.487 e. The van der Waals surface area contributed by atoms with Crippen LogP contribution in [0.4, 0.5) is 19.0 Å². The van der Waals surface area contributed by atoms with E-state index in [4.69, 9.17) is 15.2 Å². The monoisotopic (exact) mass is 709 g/mol. The lowest BCUT2D eigenvalue weighted by Crippen LogP contribution is -2.28. The van der Waals surface area contributed by atoms with Crippen LogP contribution >= 0.6 is 11.9 Å². The van der Waals surface area contributed by atoms with Gasteiger partial charge in [-0.25, -0.2) is 17.9 Å². The highest BCUT2D eigenvalue weighted by atomic mass is 32.2. The van der Waals surface area contributed by atoms with Crippen molar-refractivity contribution < 1.29 is 27.4 Å². The summed E-state index contributed by atoms with van der Waals surface area (Å²) in [5, 5.41) is 8.04. The number of Topliss-reactive ketones (excluding diaryl/α,β-unsaturated/α-hetero) is 1. The second kappa shape index (κ2) is 18.0. The predicted octanol–water partition coefficient (Wildman–Crippen LogP) is 8.80. The molecule has 2 heterocycles. The standard InChI is InChI=1S/C36H40F3N5O3S.C2H6/c1-5-29(37)32(6-2)47-25-8-12-31(22(3)17-25)44-36(40)28(20-42-44)35(45)30(41-4)18-23-7-11-27(33(19-23)46-21-34(38)39)24-13-15-43(16-14-24)48-26-9-10-26;1-2/h5-8,11-12,17-20,24,26,34,41H,1-2,9-10,13-16,21,40H2,3-4H3;1-2H3/b30-18-,32-29-;. The van der Waals surface area contributed by atoms with Crippen LogP contribution in [0.25, 0.3) is 11.8 Å². The van der Waals surface area contributed by atoms with E-state index in [9.17, 15) is 18.0 Å². The Morgan fingerprint density at radius 1 is 1.12 bits per heavy atom. The van der Waals surface area contributed by atoms with Crippen molar-refractivity contribution in [2.45, 2.75) is 64.0 Å². The summed E-state index contributed by atoms with van der Waals surface area (Å²) in [7, 11) is 1.62. The van der Waals surface area contributed by atoms with Crippen LogP contribution in [0.1, 0.15) is 72.5 Å². The Morgan fingerprint density at radius 3 is 2.44 bits per heavy atom. The number of nitrogens with two attached hydrogens (primary N) is 1. The normalized spacial score (nSPS) is 15.9. The summed E-state index contributed by atoms with van der Waals surface area (Å²) >= 11 is 1.94. The first kappa shape index (κ1) is 38.4. The minimum absolute atomic E-state index is 0.0685. The molecule has 0 unspecified atom stereocenters. The third kappa shape index (κ3) is 9.63. The number of carbonyl (C=O) groups is 1. The van der Waals surface area contributed by atoms with Gasteiger partial charge >= 0.3 is 0 Å². The number of carbonyl (C=O) groups excluding carboxylic acids is 1. The summed E-state index contributed by atoms with van der Waals surface area (Å²) in [6, 6.07) is 10.5. The van der Waals surface area contributed by atoms with E-state index in [0.717, 1.165) is 42.8 Å². The number of nitrogens with zero attached hydrogens (tertiary/aromatic N) is 3. The number of hydrogen-bond acceptors (Lipinski definition) is 8. The van der Waals surface area contributed by atoms with Crippen LogP contribution in [0.2, 0.25) is 0 Å². The molecule has 2 aliphatic rings. The molecule has 1 aliphatic carbocycles. The number of aromatic nitrogens is 2. The number of likely N-dealkylation sites (N-methyl/N-ethyl adjacent to an activating group) is 1. The zero-order valence-electron chi connectivity index (χ0n) is 29.1. The van der Waals surface area contributed by atoms with Crippen LogP contribution in [0.3, 0.4) is 0 Å². The van der Waals surface area contributed by atoms with Gasteiger partial charge in [0.2, 0.25) is 5.78 Å². The summed E-state index contributed by atoms with van der Waals surface area (Å²) in [5.74, 6) is -0.0398. The number of halogens is 3. The molecule has 12 heteroatoms. The van der Waals surface area contributed by atoms with E-state index in [0.29, 0.717) is 28.3 Å². The van der Waals surface area contributed by atoms with Crippen LogP contribution in [-0.2, 0) is 0 Å². The van der Waals surface area contributed by atoms with Gasteiger partial charge in [-0.05, 0) is 97.7 Å². The van der Waals surface area contributed by atoms with Crippen LogP contribution < -0.4 is 20.5 Å². The smallest absolute Gasteiger partial charge is 0.272 e. The maximum absolute atomic E-state index is 14.0. The van der Waals surface area contributed by atoms with Gasteiger partial charge in [0.1, 0.15) is 23.9 Å². The van der Waals surface area contributed by atoms with Crippen molar-refractivity contribution in [1.29, 1.82) is 0 Å². The summed E-state index contributed by atoms with van der Waals surface area (Å²) < 4.78 is 55.4. The third-order valence-electron chi connectivity index (χ3n) is 8.22. The number of rotatable bonds is 15. The lowest BCUT2D eigenvalue weighted by molar-refractivity contribution is 0.0810. The second-order valence-corrected chi connectivity index (χ2v) is 13.1. The van der Waals surface area contributed by atoms with Crippen LogP contribution in [0, 0.1) is 6.92 Å². The number of ketones is 1. The van der Waals surface area contributed by atoms with Crippen molar-refractivity contribution in [3.05, 3.63) is 107 Å². The Morgan fingerprint density at radius 2 is 1.84 bits per heavy atom. The molecule has 3 N–H and O–H groups in total. The van der Waals surface area contributed by atoms with E-state index in [-0.39, 0.29) is 28.8 Å². The van der Waals surface area contributed by atoms with Crippen molar-refractivity contribution in [2.24, 2.45) is 0 Å². The fourth-order valence-corrected chi connectivity index (χ4v) is 6.73. The molecule has 3 aromatic rings. The SMILES string of the molecule is C=C/C(F)=C(\C=C)Oc1ccc(-n2ncc(C(=O)/C(=C/c3ccc(C4CCN(SC5CC5)CC4)c(OCC(F)F)c3)NC)c2N)c(C)c1.CC. The molecule has 2 aromatic carbocycles. The molecule has 1 aromatic heterocycles. The lowest BCUT2D eigenvalue weighted by atomic mass is 9.89. The van der Waals surface area contributed by atoms with Crippen molar-refractivity contribution >= 4 is 29.6 Å². The molecule has 0 amide bonds. The van der Waals surface area contributed by atoms with Crippen molar-refractivity contribution in [3.63, 3.8) is 0 Å².